The number of fused-ring (bicyclic) bond motifs is 9. The Morgan fingerprint density at radius 3 is 1.55 bits per heavy atom. The number of hydrogen-bond acceptors (Lipinski definition) is 1. The molecule has 0 N–H and O–H groups in total. The summed E-state index contributed by atoms with van der Waals surface area (Å²) in [5.74, 6) is 0. The summed E-state index contributed by atoms with van der Waals surface area (Å²) in [6, 6.07) is 67.5. The summed E-state index contributed by atoms with van der Waals surface area (Å²) in [5.41, 5.74) is 7.62. The maximum atomic E-state index is 2.43. The fourth-order valence-corrected chi connectivity index (χ4v) is 9.83. The van der Waals surface area contributed by atoms with Gasteiger partial charge in [0.15, 0.2) is 0 Å². The average Bonchev–Trinajstić information content (AvgIpc) is 3.57. The highest BCUT2D eigenvalue weighted by Crippen LogP contribution is 2.48. The predicted octanol–water partition coefficient (Wildman–Crippen LogP) is 14.8. The summed E-state index contributed by atoms with van der Waals surface area (Å²) in [6.45, 7) is 0. The van der Waals surface area contributed by atoms with Gasteiger partial charge in [0, 0.05) is 25.7 Å². The van der Waals surface area contributed by atoms with Crippen molar-refractivity contribution in [2.24, 2.45) is 0 Å². The molecule has 0 radical (unpaired) electrons. The topological polar surface area (TPSA) is 0 Å². The Morgan fingerprint density at radius 2 is 0.824 bits per heavy atom. The Morgan fingerprint density at radius 1 is 0.294 bits per heavy atom. The smallest absolute Gasteiger partial charge is 0.0440 e. The maximum Gasteiger partial charge on any atom is 0.0440 e. The van der Waals surface area contributed by atoms with Crippen LogP contribution in [0.2, 0.25) is 0 Å². The molecule has 0 amide bonds. The molecule has 1 heteroatoms. The molecule has 0 fully saturated rings. The molecule has 0 aliphatic rings. The van der Waals surface area contributed by atoms with Crippen LogP contribution in [0.25, 0.3) is 107 Å². The molecule has 0 spiro atoms. The minimum Gasteiger partial charge on any atom is -0.134 e. The minimum absolute atomic E-state index is 1.23. The molecule has 51 heavy (non-hydrogen) atoms. The predicted molar refractivity (Wildman–Crippen MR) is 223 cm³/mol. The van der Waals surface area contributed by atoms with E-state index in [-0.39, 0.29) is 0 Å². The molecule has 1 aromatic heterocycles. The van der Waals surface area contributed by atoms with Gasteiger partial charge in [-0.05, 0) is 106 Å². The van der Waals surface area contributed by atoms with E-state index in [4.69, 9.17) is 0 Å². The van der Waals surface area contributed by atoms with Crippen LogP contribution in [-0.2, 0) is 0 Å². The van der Waals surface area contributed by atoms with Gasteiger partial charge in [0.1, 0.15) is 0 Å². The molecular formula is C50H30S. The first-order chi connectivity index (χ1) is 25.3. The maximum absolute atomic E-state index is 2.43. The van der Waals surface area contributed by atoms with Crippen LogP contribution in [0.5, 0.6) is 0 Å². The van der Waals surface area contributed by atoms with Crippen LogP contribution in [0.4, 0.5) is 0 Å². The van der Waals surface area contributed by atoms with E-state index in [1.807, 2.05) is 11.3 Å². The number of thiophene rings is 1. The van der Waals surface area contributed by atoms with Crippen molar-refractivity contribution in [3.8, 4) is 33.4 Å². The quantitative estimate of drug-likeness (QED) is 0.165. The largest absolute Gasteiger partial charge is 0.134 e. The highest BCUT2D eigenvalue weighted by Gasteiger charge is 2.20. The van der Waals surface area contributed by atoms with Crippen LogP contribution in [0.1, 0.15) is 0 Å². The molecule has 1 heterocycles. The minimum atomic E-state index is 1.23. The number of benzene rings is 10. The average molecular weight is 663 g/mol. The fourth-order valence-electron chi connectivity index (χ4n) is 8.54. The van der Waals surface area contributed by atoms with Crippen LogP contribution in [-0.4, -0.2) is 0 Å². The van der Waals surface area contributed by atoms with E-state index in [0.29, 0.717) is 0 Å². The van der Waals surface area contributed by atoms with Crippen molar-refractivity contribution < 1.29 is 0 Å². The third-order valence-corrected chi connectivity index (χ3v) is 12.0. The van der Waals surface area contributed by atoms with E-state index in [1.165, 1.54) is 107 Å². The van der Waals surface area contributed by atoms with E-state index >= 15 is 0 Å². The van der Waals surface area contributed by atoms with Gasteiger partial charge in [-0.25, -0.2) is 0 Å². The van der Waals surface area contributed by atoms with Crippen molar-refractivity contribution in [2.75, 3.05) is 0 Å². The van der Waals surface area contributed by atoms with Crippen LogP contribution in [0.3, 0.4) is 0 Å². The zero-order valence-electron chi connectivity index (χ0n) is 27.7. The summed E-state index contributed by atoms with van der Waals surface area (Å²) < 4.78 is 2.68. The summed E-state index contributed by atoms with van der Waals surface area (Å²) in [7, 11) is 0. The van der Waals surface area contributed by atoms with Crippen molar-refractivity contribution in [1.82, 2.24) is 0 Å². The van der Waals surface area contributed by atoms with Gasteiger partial charge in [-0.3, -0.25) is 0 Å². The zero-order chi connectivity index (χ0) is 33.5. The Bertz CT molecular complexity index is 3130. The van der Waals surface area contributed by atoms with E-state index in [2.05, 4.69) is 182 Å². The highest BCUT2D eigenvalue weighted by molar-refractivity contribution is 7.26. The van der Waals surface area contributed by atoms with Gasteiger partial charge >= 0.3 is 0 Å². The summed E-state index contributed by atoms with van der Waals surface area (Å²) in [6.07, 6.45) is 0. The lowest BCUT2D eigenvalue weighted by Crippen LogP contribution is -1.92. The molecule has 0 aliphatic heterocycles. The van der Waals surface area contributed by atoms with Crippen molar-refractivity contribution in [3.63, 3.8) is 0 Å². The normalized spacial score (nSPS) is 11.9. The first-order valence-electron chi connectivity index (χ1n) is 17.6. The van der Waals surface area contributed by atoms with E-state index in [0.717, 1.165) is 0 Å². The van der Waals surface area contributed by atoms with Gasteiger partial charge in [0.25, 0.3) is 0 Å². The first-order valence-corrected chi connectivity index (χ1v) is 18.4. The Hall–Kier alpha value is -6.28. The van der Waals surface area contributed by atoms with Crippen LogP contribution in [0.15, 0.2) is 182 Å². The van der Waals surface area contributed by atoms with Crippen molar-refractivity contribution in [2.45, 2.75) is 0 Å². The third kappa shape index (κ3) is 4.32. The standard InChI is InChI=1S/C50H30S/c1-2-15-33-30-46-45(28-32(33)14-1)49-38-21-6-4-16-35(38)29-44(50(49)51-46)34-18-11-19-36(27-34)47-40-22-7-9-24-42(40)48(43-25-10-8-23-41(43)47)39-26-12-17-31-13-3-5-20-37(31)39/h1-30H. The molecule has 0 nitrogen and oxygen atoms in total. The van der Waals surface area contributed by atoms with E-state index in [1.54, 1.807) is 0 Å². The van der Waals surface area contributed by atoms with Crippen molar-refractivity contribution >= 4 is 85.4 Å². The molecule has 236 valence electrons. The van der Waals surface area contributed by atoms with E-state index in [9.17, 15) is 0 Å². The Labute approximate surface area is 299 Å². The highest BCUT2D eigenvalue weighted by atomic mass is 32.1. The SMILES string of the molecule is c1cc(-c2c3ccccc3c(-c3cccc4ccccc34)c3ccccc23)cc(-c2cc3ccccc3c3c2sc2cc4ccccc4cc23)c1. The Kier molecular flexibility index (Phi) is 6.22. The Balaban J connectivity index is 1.20. The van der Waals surface area contributed by atoms with Gasteiger partial charge < -0.3 is 0 Å². The lowest BCUT2D eigenvalue weighted by Gasteiger charge is -2.19. The third-order valence-electron chi connectivity index (χ3n) is 10.8. The second kappa shape index (κ2) is 11.1. The van der Waals surface area contributed by atoms with Gasteiger partial charge in [-0.15, -0.1) is 11.3 Å². The molecule has 10 aromatic carbocycles. The van der Waals surface area contributed by atoms with Gasteiger partial charge in [0.05, 0.1) is 0 Å². The van der Waals surface area contributed by atoms with Gasteiger partial charge in [0.2, 0.25) is 0 Å². The first kappa shape index (κ1) is 28.5. The molecule has 0 bridgehead atoms. The van der Waals surface area contributed by atoms with Crippen LogP contribution in [0, 0.1) is 0 Å². The molecule has 0 saturated heterocycles. The lowest BCUT2D eigenvalue weighted by molar-refractivity contribution is 1.65. The molecule has 0 saturated carbocycles. The van der Waals surface area contributed by atoms with Gasteiger partial charge in [-0.1, -0.05) is 158 Å². The molecule has 0 atom stereocenters. The van der Waals surface area contributed by atoms with Gasteiger partial charge in [-0.2, -0.15) is 0 Å². The number of hydrogen-bond donors (Lipinski definition) is 0. The second-order valence-corrected chi connectivity index (χ2v) is 14.6. The summed E-state index contributed by atoms with van der Waals surface area (Å²) in [5, 5.41) is 15.5. The lowest BCUT2D eigenvalue weighted by atomic mass is 9.84. The van der Waals surface area contributed by atoms with Crippen LogP contribution >= 0.6 is 11.3 Å². The number of rotatable bonds is 3. The molecule has 11 aromatic rings. The second-order valence-electron chi connectivity index (χ2n) is 13.6. The molecule has 11 rings (SSSR count). The van der Waals surface area contributed by atoms with Crippen molar-refractivity contribution in [3.05, 3.63) is 182 Å². The summed E-state index contributed by atoms with van der Waals surface area (Å²) in [4.78, 5) is 0. The van der Waals surface area contributed by atoms with E-state index < -0.39 is 0 Å². The van der Waals surface area contributed by atoms with Crippen LogP contribution < -0.4 is 0 Å². The molecular weight excluding hydrogens is 633 g/mol. The fraction of sp³-hybridized carbons (Fsp3) is 0. The monoisotopic (exact) mass is 662 g/mol. The molecule has 0 aliphatic carbocycles. The summed E-state index contributed by atoms with van der Waals surface area (Å²) >= 11 is 1.92. The van der Waals surface area contributed by atoms with Crippen molar-refractivity contribution in [1.29, 1.82) is 0 Å². The molecule has 0 unspecified atom stereocenters. The zero-order valence-corrected chi connectivity index (χ0v) is 28.5.